The van der Waals surface area contributed by atoms with Crippen molar-refractivity contribution in [1.82, 2.24) is 4.98 Å². The van der Waals surface area contributed by atoms with E-state index >= 15 is 0 Å². The summed E-state index contributed by atoms with van der Waals surface area (Å²) in [5.74, 6) is 0. The zero-order valence-electron chi connectivity index (χ0n) is 11.5. The molecule has 0 N–H and O–H groups in total. The van der Waals surface area contributed by atoms with Gasteiger partial charge in [-0.05, 0) is 25.1 Å². The molecule has 1 heterocycles. The number of nitriles is 1. The van der Waals surface area contributed by atoms with Crippen molar-refractivity contribution in [3.05, 3.63) is 64.0 Å². The molecule has 0 fully saturated rings. The van der Waals surface area contributed by atoms with Crippen LogP contribution in [0.3, 0.4) is 0 Å². The van der Waals surface area contributed by atoms with Crippen molar-refractivity contribution in [3.63, 3.8) is 0 Å². The Morgan fingerprint density at radius 2 is 1.91 bits per heavy atom. The van der Waals surface area contributed by atoms with Gasteiger partial charge in [-0.3, -0.25) is 15.1 Å². The molecule has 112 valence electrons. The van der Waals surface area contributed by atoms with E-state index in [9.17, 15) is 23.8 Å². The minimum absolute atomic E-state index is 0.0791. The minimum Gasteiger partial charge on any atom is -0.258 e. The summed E-state index contributed by atoms with van der Waals surface area (Å²) in [6.07, 6.45) is 1.22. The van der Waals surface area contributed by atoms with E-state index in [1.165, 1.54) is 24.4 Å². The lowest BCUT2D eigenvalue weighted by molar-refractivity contribution is -0.385. The maximum atomic E-state index is 12.6. The zero-order valence-corrected chi connectivity index (χ0v) is 12.3. The van der Waals surface area contributed by atoms with E-state index in [0.717, 1.165) is 11.6 Å². The molecule has 22 heavy (non-hydrogen) atoms. The quantitative estimate of drug-likeness (QED) is 0.631. The van der Waals surface area contributed by atoms with Crippen molar-refractivity contribution >= 4 is 15.5 Å². The van der Waals surface area contributed by atoms with E-state index in [0.29, 0.717) is 0 Å². The average Bonchev–Trinajstić information content (AvgIpc) is 2.48. The Morgan fingerprint density at radius 1 is 1.27 bits per heavy atom. The molecule has 0 amide bonds. The van der Waals surface area contributed by atoms with Crippen LogP contribution in [-0.2, 0) is 9.84 Å². The molecule has 2 aromatic rings. The SMILES string of the molecule is Cc1ccc(S(=O)(=O)C(C#N)c2ncccc2[N+](=O)[O-])cc1. The van der Waals surface area contributed by atoms with Crippen LogP contribution in [0.4, 0.5) is 5.69 Å². The summed E-state index contributed by atoms with van der Waals surface area (Å²) < 4.78 is 25.1. The van der Waals surface area contributed by atoms with Crippen molar-refractivity contribution < 1.29 is 13.3 Å². The molecule has 0 saturated carbocycles. The van der Waals surface area contributed by atoms with E-state index in [2.05, 4.69) is 4.98 Å². The highest BCUT2D eigenvalue weighted by molar-refractivity contribution is 7.92. The zero-order chi connectivity index (χ0) is 16.3. The van der Waals surface area contributed by atoms with E-state index in [4.69, 9.17) is 0 Å². The number of pyridine rings is 1. The summed E-state index contributed by atoms with van der Waals surface area (Å²) in [5, 5.41) is 18.5. The lowest BCUT2D eigenvalue weighted by Crippen LogP contribution is -2.15. The molecule has 0 radical (unpaired) electrons. The van der Waals surface area contributed by atoms with Gasteiger partial charge in [0.05, 0.1) is 15.9 Å². The van der Waals surface area contributed by atoms with Crippen molar-refractivity contribution in [3.8, 4) is 6.07 Å². The normalized spacial score (nSPS) is 12.4. The van der Waals surface area contributed by atoms with Gasteiger partial charge in [-0.2, -0.15) is 5.26 Å². The van der Waals surface area contributed by atoms with Gasteiger partial charge in [-0.25, -0.2) is 8.42 Å². The highest BCUT2D eigenvalue weighted by atomic mass is 32.2. The van der Waals surface area contributed by atoms with Crippen LogP contribution in [0.1, 0.15) is 16.5 Å². The molecular weight excluding hydrogens is 306 g/mol. The second-order valence-electron chi connectivity index (χ2n) is 4.53. The van der Waals surface area contributed by atoms with E-state index < -0.39 is 25.7 Å². The standard InChI is InChI=1S/C14H11N3O4S/c1-10-4-6-11(7-5-10)22(20,21)13(9-15)14-12(17(18)19)3-2-8-16-14/h2-8,13H,1H3. The van der Waals surface area contributed by atoms with Crippen molar-refractivity contribution in [1.29, 1.82) is 5.26 Å². The topological polar surface area (TPSA) is 114 Å². The summed E-state index contributed by atoms with van der Waals surface area (Å²) in [5.41, 5.74) is -0.0171. The summed E-state index contributed by atoms with van der Waals surface area (Å²) in [6, 6.07) is 9.96. The molecule has 0 aliphatic heterocycles. The van der Waals surface area contributed by atoms with Gasteiger partial charge < -0.3 is 0 Å². The summed E-state index contributed by atoms with van der Waals surface area (Å²) >= 11 is 0. The second-order valence-corrected chi connectivity index (χ2v) is 6.56. The predicted molar refractivity (Wildman–Crippen MR) is 77.6 cm³/mol. The number of hydrogen-bond acceptors (Lipinski definition) is 6. The molecule has 1 aromatic carbocycles. The average molecular weight is 317 g/mol. The number of aromatic nitrogens is 1. The fraction of sp³-hybridized carbons (Fsp3) is 0.143. The number of benzene rings is 1. The largest absolute Gasteiger partial charge is 0.293 e. The molecule has 7 nitrogen and oxygen atoms in total. The van der Waals surface area contributed by atoms with Crippen molar-refractivity contribution in [2.75, 3.05) is 0 Å². The molecule has 8 heteroatoms. The van der Waals surface area contributed by atoms with Gasteiger partial charge in [0.1, 0.15) is 0 Å². The fourth-order valence-electron chi connectivity index (χ4n) is 1.91. The monoisotopic (exact) mass is 317 g/mol. The Hall–Kier alpha value is -2.79. The lowest BCUT2D eigenvalue weighted by atomic mass is 10.2. The third-order valence-electron chi connectivity index (χ3n) is 3.04. The van der Waals surface area contributed by atoms with Crippen molar-refractivity contribution in [2.45, 2.75) is 17.1 Å². The van der Waals surface area contributed by atoms with Crippen LogP contribution >= 0.6 is 0 Å². The molecule has 0 spiro atoms. The molecular formula is C14H11N3O4S. The third kappa shape index (κ3) is 2.80. The first-order valence-corrected chi connectivity index (χ1v) is 7.72. The van der Waals surface area contributed by atoms with Crippen LogP contribution in [-0.4, -0.2) is 18.3 Å². The summed E-state index contributed by atoms with van der Waals surface area (Å²) in [7, 11) is -4.11. The van der Waals surface area contributed by atoms with Crippen LogP contribution in [0.15, 0.2) is 47.5 Å². The Morgan fingerprint density at radius 3 is 2.45 bits per heavy atom. The maximum absolute atomic E-state index is 12.6. The summed E-state index contributed by atoms with van der Waals surface area (Å²) in [6.45, 7) is 1.79. The first-order valence-electron chi connectivity index (χ1n) is 6.17. The summed E-state index contributed by atoms with van der Waals surface area (Å²) in [4.78, 5) is 13.9. The van der Waals surface area contributed by atoms with Gasteiger partial charge in [-0.15, -0.1) is 0 Å². The molecule has 1 atom stereocenters. The van der Waals surface area contributed by atoms with Gasteiger partial charge in [0.25, 0.3) is 5.69 Å². The fourth-order valence-corrected chi connectivity index (χ4v) is 3.31. The van der Waals surface area contributed by atoms with Crippen LogP contribution in [0, 0.1) is 28.4 Å². The van der Waals surface area contributed by atoms with Gasteiger partial charge in [0, 0.05) is 12.3 Å². The first-order chi connectivity index (χ1) is 10.4. The lowest BCUT2D eigenvalue weighted by Gasteiger charge is -2.10. The third-order valence-corrected chi connectivity index (χ3v) is 4.92. The molecule has 0 bridgehead atoms. The molecule has 0 saturated heterocycles. The number of rotatable bonds is 4. The Balaban J connectivity index is 2.60. The molecule has 1 aromatic heterocycles. The van der Waals surface area contributed by atoms with Crippen LogP contribution in [0.5, 0.6) is 0 Å². The molecule has 0 aliphatic carbocycles. The van der Waals surface area contributed by atoms with Gasteiger partial charge in [-0.1, -0.05) is 17.7 Å². The Kier molecular flexibility index (Phi) is 4.19. The van der Waals surface area contributed by atoms with Crippen LogP contribution in [0.2, 0.25) is 0 Å². The van der Waals surface area contributed by atoms with Gasteiger partial charge in [0.15, 0.2) is 5.69 Å². The van der Waals surface area contributed by atoms with Gasteiger partial charge in [0.2, 0.25) is 15.1 Å². The number of aryl methyl sites for hydroxylation is 1. The minimum atomic E-state index is -4.11. The van der Waals surface area contributed by atoms with Crippen LogP contribution < -0.4 is 0 Å². The predicted octanol–water partition coefficient (Wildman–Crippen LogP) is 2.34. The molecule has 0 aliphatic rings. The molecule has 1 unspecified atom stereocenters. The van der Waals surface area contributed by atoms with E-state index in [-0.39, 0.29) is 10.6 Å². The maximum Gasteiger partial charge on any atom is 0.293 e. The Bertz CT molecular complexity index is 854. The van der Waals surface area contributed by atoms with Gasteiger partial charge >= 0.3 is 0 Å². The first kappa shape index (κ1) is 15.6. The second kappa shape index (κ2) is 5.91. The highest BCUT2D eigenvalue weighted by Crippen LogP contribution is 2.32. The van der Waals surface area contributed by atoms with Crippen LogP contribution in [0.25, 0.3) is 0 Å². The Labute approximate surface area is 126 Å². The van der Waals surface area contributed by atoms with Crippen molar-refractivity contribution in [2.24, 2.45) is 0 Å². The number of nitro groups is 1. The molecule has 2 rings (SSSR count). The number of hydrogen-bond donors (Lipinski definition) is 0. The number of nitrogens with zero attached hydrogens (tertiary/aromatic N) is 3. The van der Waals surface area contributed by atoms with E-state index in [1.807, 2.05) is 0 Å². The number of sulfone groups is 1. The smallest absolute Gasteiger partial charge is 0.258 e. The highest BCUT2D eigenvalue weighted by Gasteiger charge is 2.35. The van der Waals surface area contributed by atoms with E-state index in [1.54, 1.807) is 25.1 Å².